The van der Waals surface area contributed by atoms with E-state index in [0.717, 1.165) is 6.42 Å². The smallest absolute Gasteiger partial charge is 0.0636 e. The maximum Gasteiger partial charge on any atom is 0.0636 e. The maximum atomic E-state index is 2.59. The lowest BCUT2D eigenvalue weighted by Crippen LogP contribution is -2.30. The molecule has 0 radical (unpaired) electrons. The fourth-order valence-corrected chi connectivity index (χ4v) is 8.76. The molecule has 49 heavy (non-hydrogen) atoms. The number of nitrogens with zero attached hydrogens (tertiary/aromatic N) is 1. The molecule has 0 bridgehead atoms. The van der Waals surface area contributed by atoms with Crippen LogP contribution in [0.3, 0.4) is 0 Å². The van der Waals surface area contributed by atoms with Gasteiger partial charge in [-0.2, -0.15) is 0 Å². The Bertz CT molecular complexity index is 2540. The van der Waals surface area contributed by atoms with E-state index < -0.39 is 0 Å². The Labute approximate surface area is 287 Å². The third-order valence-electron chi connectivity index (χ3n) is 11.0. The molecule has 0 N–H and O–H groups in total. The van der Waals surface area contributed by atoms with E-state index in [9.17, 15) is 0 Å². The highest BCUT2D eigenvalue weighted by Gasteiger charge is 2.42. The summed E-state index contributed by atoms with van der Waals surface area (Å²) in [5.74, 6) is 0.269. The van der Waals surface area contributed by atoms with E-state index in [1.54, 1.807) is 0 Å². The summed E-state index contributed by atoms with van der Waals surface area (Å²) >= 11 is 0. The normalized spacial score (nSPS) is 16.2. The highest BCUT2D eigenvalue weighted by atomic mass is 15.2. The van der Waals surface area contributed by atoms with Crippen molar-refractivity contribution in [2.75, 3.05) is 4.90 Å². The van der Waals surface area contributed by atoms with Gasteiger partial charge in [-0.25, -0.2) is 0 Å². The lowest BCUT2D eigenvalue weighted by atomic mass is 9.79. The Morgan fingerprint density at radius 3 is 1.80 bits per heavy atom. The van der Waals surface area contributed by atoms with Crippen LogP contribution in [0, 0.1) is 0 Å². The van der Waals surface area contributed by atoms with E-state index in [1.807, 2.05) is 0 Å². The van der Waals surface area contributed by atoms with Gasteiger partial charge in [-0.05, 0) is 101 Å². The molecule has 1 nitrogen and oxygen atoms in total. The minimum absolute atomic E-state index is 0.207. The van der Waals surface area contributed by atoms with Crippen molar-refractivity contribution >= 4 is 49.8 Å². The Hall–Kier alpha value is -5.92. The van der Waals surface area contributed by atoms with Crippen LogP contribution in [-0.4, -0.2) is 6.04 Å². The molecule has 10 rings (SSSR count). The molecule has 8 aromatic carbocycles. The maximum absolute atomic E-state index is 2.59. The third kappa shape index (κ3) is 4.25. The van der Waals surface area contributed by atoms with Crippen molar-refractivity contribution in [3.05, 3.63) is 186 Å². The zero-order valence-electron chi connectivity index (χ0n) is 27.5. The largest absolute Gasteiger partial charge is 0.333 e. The summed E-state index contributed by atoms with van der Waals surface area (Å²) < 4.78 is 0. The minimum Gasteiger partial charge on any atom is -0.333 e. The van der Waals surface area contributed by atoms with Crippen molar-refractivity contribution in [2.45, 2.75) is 25.3 Å². The first-order chi connectivity index (χ1) is 24.3. The molecule has 232 valence electrons. The fourth-order valence-electron chi connectivity index (χ4n) is 8.76. The first kappa shape index (κ1) is 28.1. The Kier molecular flexibility index (Phi) is 6.36. The van der Waals surface area contributed by atoms with Crippen LogP contribution in [0.2, 0.25) is 0 Å². The van der Waals surface area contributed by atoms with E-state index in [4.69, 9.17) is 0 Å². The summed E-state index contributed by atoms with van der Waals surface area (Å²) in [6.45, 7) is 2.25. The predicted molar refractivity (Wildman–Crippen MR) is 209 cm³/mol. The molecule has 0 fully saturated rings. The average molecular weight is 626 g/mol. The van der Waals surface area contributed by atoms with Gasteiger partial charge in [0.2, 0.25) is 0 Å². The number of hydrogen-bond donors (Lipinski definition) is 0. The molecule has 0 saturated carbocycles. The summed E-state index contributed by atoms with van der Waals surface area (Å²) in [7, 11) is 0. The zero-order valence-corrected chi connectivity index (χ0v) is 27.5. The van der Waals surface area contributed by atoms with Gasteiger partial charge in [-0.3, -0.25) is 0 Å². The molecule has 0 saturated heterocycles. The second-order valence-corrected chi connectivity index (χ2v) is 13.5. The highest BCUT2D eigenvalue weighted by molar-refractivity contribution is 6.21. The quantitative estimate of drug-likeness (QED) is 0.176. The molecule has 0 aromatic heterocycles. The van der Waals surface area contributed by atoms with Crippen LogP contribution in [0.5, 0.6) is 0 Å². The van der Waals surface area contributed by atoms with Gasteiger partial charge in [0.1, 0.15) is 0 Å². The number of aryl methyl sites for hydroxylation is 1. The second-order valence-electron chi connectivity index (χ2n) is 13.5. The highest BCUT2D eigenvalue weighted by Crippen LogP contribution is 2.54. The van der Waals surface area contributed by atoms with Crippen LogP contribution in [-0.2, 0) is 6.42 Å². The summed E-state index contributed by atoms with van der Waals surface area (Å²) in [5, 5.41) is 7.83. The molecule has 1 heterocycles. The van der Waals surface area contributed by atoms with Gasteiger partial charge in [0, 0.05) is 17.3 Å². The van der Waals surface area contributed by atoms with E-state index >= 15 is 0 Å². The van der Waals surface area contributed by atoms with Gasteiger partial charge >= 0.3 is 0 Å². The van der Waals surface area contributed by atoms with Gasteiger partial charge in [0.05, 0.1) is 6.04 Å². The predicted octanol–water partition coefficient (Wildman–Crippen LogP) is 12.7. The number of rotatable bonds is 4. The van der Waals surface area contributed by atoms with E-state index in [1.165, 1.54) is 88.2 Å². The van der Waals surface area contributed by atoms with E-state index in [2.05, 4.69) is 182 Å². The van der Waals surface area contributed by atoms with Gasteiger partial charge in [-0.15, -0.1) is 0 Å². The molecular formula is C48H35N. The van der Waals surface area contributed by atoms with Crippen molar-refractivity contribution < 1.29 is 0 Å². The molecule has 2 aliphatic rings. The van der Waals surface area contributed by atoms with Gasteiger partial charge in [0.15, 0.2) is 0 Å². The van der Waals surface area contributed by atoms with Crippen LogP contribution in [0.1, 0.15) is 35.1 Å². The van der Waals surface area contributed by atoms with Crippen LogP contribution in [0.15, 0.2) is 164 Å². The van der Waals surface area contributed by atoms with E-state index in [-0.39, 0.29) is 12.0 Å². The molecular weight excluding hydrogens is 591 g/mol. The summed E-state index contributed by atoms with van der Waals surface area (Å²) in [4.78, 5) is 2.59. The van der Waals surface area contributed by atoms with Gasteiger partial charge in [-0.1, -0.05) is 159 Å². The monoisotopic (exact) mass is 625 g/mol. The zero-order chi connectivity index (χ0) is 32.5. The van der Waals surface area contributed by atoms with Gasteiger partial charge in [0.25, 0.3) is 0 Å². The first-order valence-electron chi connectivity index (χ1n) is 17.5. The van der Waals surface area contributed by atoms with Crippen molar-refractivity contribution in [3.8, 4) is 22.3 Å². The Morgan fingerprint density at radius 2 is 1.12 bits per heavy atom. The molecule has 1 aliphatic heterocycles. The molecule has 2 unspecified atom stereocenters. The minimum atomic E-state index is 0.207. The molecule has 0 spiro atoms. The van der Waals surface area contributed by atoms with Crippen LogP contribution in [0.4, 0.5) is 11.4 Å². The standard InChI is InChI=1S/C48H35N/c1-2-31-20-21-33-25-29-44-48(42(33)30-31)47-37-15-7-6-12-32(37)24-28-43(47)49(44)36-26-22-35(23-27-36)46-40-18-10-8-16-38(40)45(34-13-4-3-5-14-34)39-17-9-11-19-41(39)46/h3-30,43,47H,2H2,1H3. The molecule has 1 heteroatoms. The van der Waals surface area contributed by atoms with Crippen LogP contribution < -0.4 is 4.90 Å². The van der Waals surface area contributed by atoms with Crippen LogP contribution >= 0.6 is 0 Å². The summed E-state index contributed by atoms with van der Waals surface area (Å²) in [6.07, 6.45) is 5.79. The van der Waals surface area contributed by atoms with Crippen molar-refractivity contribution in [1.29, 1.82) is 0 Å². The summed E-state index contributed by atoms with van der Waals surface area (Å²) in [5.41, 5.74) is 13.2. The number of hydrogen-bond acceptors (Lipinski definition) is 1. The molecule has 8 aromatic rings. The SMILES string of the molecule is CCc1ccc2ccc3c(c2c1)C1c2ccccc2C=CC1N3c1ccc(-c2c3ccccc3c(-c3ccccc3)c3ccccc23)cc1. The van der Waals surface area contributed by atoms with Crippen molar-refractivity contribution in [2.24, 2.45) is 0 Å². The molecule has 0 amide bonds. The lowest BCUT2D eigenvalue weighted by Gasteiger charge is -2.31. The Balaban J connectivity index is 1.16. The van der Waals surface area contributed by atoms with Crippen molar-refractivity contribution in [1.82, 2.24) is 0 Å². The molecule has 1 aliphatic carbocycles. The summed E-state index contributed by atoms with van der Waals surface area (Å²) in [6, 6.07) is 58.9. The fraction of sp³-hybridized carbons (Fsp3) is 0.0833. The average Bonchev–Trinajstić information content (AvgIpc) is 3.52. The van der Waals surface area contributed by atoms with Gasteiger partial charge < -0.3 is 4.90 Å². The number of anilines is 2. The van der Waals surface area contributed by atoms with Crippen molar-refractivity contribution in [3.63, 3.8) is 0 Å². The van der Waals surface area contributed by atoms with E-state index in [0.29, 0.717) is 0 Å². The molecule has 2 atom stereocenters. The number of fused-ring (bicyclic) bond motifs is 9. The van der Waals surface area contributed by atoms with Crippen LogP contribution in [0.25, 0.3) is 60.6 Å². The topological polar surface area (TPSA) is 3.24 Å². The number of benzene rings is 8. The first-order valence-corrected chi connectivity index (χ1v) is 17.5. The second kappa shape index (κ2) is 11.1. The third-order valence-corrected chi connectivity index (χ3v) is 11.0. The Morgan fingerprint density at radius 1 is 0.531 bits per heavy atom. The lowest BCUT2D eigenvalue weighted by molar-refractivity contribution is 0.727.